The number of likely N-dealkylation sites (tertiary alicyclic amines) is 1. The Kier molecular flexibility index (Phi) is 6.01. The molecule has 0 bridgehead atoms. The number of nitrogens with zero attached hydrogens (tertiary/aromatic N) is 3. The van der Waals surface area contributed by atoms with Crippen LogP contribution in [0, 0.1) is 6.92 Å². The number of nitrogens with one attached hydrogen (secondary N) is 1. The van der Waals surface area contributed by atoms with Crippen LogP contribution in [0.2, 0.25) is 0 Å². The molecule has 0 aliphatic carbocycles. The number of amides is 3. The summed E-state index contributed by atoms with van der Waals surface area (Å²) in [4.78, 5) is 25.9. The molecule has 1 fully saturated rings. The number of nitrogens with two attached hydrogens (primary N) is 1. The third kappa shape index (κ3) is 4.71. The number of urea groups is 1. The van der Waals surface area contributed by atoms with Gasteiger partial charge >= 0.3 is 6.03 Å². The molecular formula is C16H27N5O2. The Bertz CT molecular complexity index is 542. The number of unbranched alkanes of at least 4 members (excludes halogenated alkanes) is 1. The highest BCUT2D eigenvalue weighted by Crippen LogP contribution is 2.21. The summed E-state index contributed by atoms with van der Waals surface area (Å²) in [5, 5.41) is 6.91. The lowest BCUT2D eigenvalue weighted by Crippen LogP contribution is -2.52. The van der Waals surface area contributed by atoms with Crippen LogP contribution in [-0.4, -0.2) is 45.2 Å². The number of aromatic nitrogens is 2. The van der Waals surface area contributed by atoms with E-state index in [1.165, 1.54) is 0 Å². The Morgan fingerprint density at radius 2 is 2.30 bits per heavy atom. The predicted octanol–water partition coefficient (Wildman–Crippen LogP) is 1.41. The Balaban J connectivity index is 2.03. The molecule has 1 aliphatic heterocycles. The van der Waals surface area contributed by atoms with Gasteiger partial charge in [-0.1, -0.05) is 19.8 Å². The summed E-state index contributed by atoms with van der Waals surface area (Å²) < 4.78 is 1.88. The molecule has 7 nitrogen and oxygen atoms in total. The summed E-state index contributed by atoms with van der Waals surface area (Å²) in [6, 6.07) is -1.04. The number of carbonyl (C=O) groups is 2. The average Bonchev–Trinajstić information content (AvgIpc) is 3.12. The SMILES string of the molecule is CCCC[C@H](NC(N)=O)C(=O)N1CCC[C@@H]1Cn1cc(C)cn1. The normalized spacial score (nSPS) is 18.9. The zero-order chi connectivity index (χ0) is 16.8. The van der Waals surface area contributed by atoms with E-state index < -0.39 is 12.1 Å². The molecule has 0 aromatic carbocycles. The summed E-state index contributed by atoms with van der Waals surface area (Å²) in [6.07, 6.45) is 8.22. The van der Waals surface area contributed by atoms with Crippen molar-refractivity contribution in [2.24, 2.45) is 5.73 Å². The van der Waals surface area contributed by atoms with Crippen LogP contribution < -0.4 is 11.1 Å². The van der Waals surface area contributed by atoms with E-state index in [1.54, 1.807) is 0 Å². The minimum Gasteiger partial charge on any atom is -0.352 e. The highest BCUT2D eigenvalue weighted by Gasteiger charge is 2.33. The maximum absolute atomic E-state index is 12.8. The van der Waals surface area contributed by atoms with Crippen molar-refractivity contribution in [2.45, 2.75) is 64.6 Å². The lowest BCUT2D eigenvalue weighted by atomic mass is 10.1. The molecule has 2 rings (SSSR count). The fourth-order valence-electron chi connectivity index (χ4n) is 3.14. The number of hydrogen-bond donors (Lipinski definition) is 2. The molecule has 1 aromatic rings. The van der Waals surface area contributed by atoms with Crippen LogP contribution in [-0.2, 0) is 11.3 Å². The fraction of sp³-hybridized carbons (Fsp3) is 0.688. The van der Waals surface area contributed by atoms with Gasteiger partial charge in [-0.2, -0.15) is 5.10 Å². The molecular weight excluding hydrogens is 294 g/mol. The summed E-state index contributed by atoms with van der Waals surface area (Å²) in [7, 11) is 0. The largest absolute Gasteiger partial charge is 0.352 e. The van der Waals surface area contributed by atoms with E-state index in [1.807, 2.05) is 28.9 Å². The Hall–Kier alpha value is -2.05. The molecule has 2 atom stereocenters. The molecule has 0 saturated carbocycles. The van der Waals surface area contributed by atoms with Crippen LogP contribution in [0.3, 0.4) is 0 Å². The van der Waals surface area contributed by atoms with Gasteiger partial charge in [0.05, 0.1) is 18.8 Å². The van der Waals surface area contributed by atoms with E-state index in [0.29, 0.717) is 13.0 Å². The number of primary amides is 1. The second kappa shape index (κ2) is 7.99. The summed E-state index contributed by atoms with van der Waals surface area (Å²) in [6.45, 7) is 5.48. The van der Waals surface area contributed by atoms with E-state index in [-0.39, 0.29) is 11.9 Å². The first-order valence-corrected chi connectivity index (χ1v) is 8.36. The van der Waals surface area contributed by atoms with Crippen LogP contribution in [0.4, 0.5) is 4.79 Å². The quantitative estimate of drug-likeness (QED) is 0.795. The molecule has 0 radical (unpaired) electrons. The van der Waals surface area contributed by atoms with E-state index in [0.717, 1.165) is 37.8 Å². The van der Waals surface area contributed by atoms with Gasteiger partial charge in [0.2, 0.25) is 5.91 Å². The first kappa shape index (κ1) is 17.3. The number of aryl methyl sites for hydroxylation is 1. The standard InChI is InChI=1S/C16H27N5O2/c1-3-4-7-14(19-16(17)23)15(22)21-8-5-6-13(21)11-20-10-12(2)9-18-20/h9-10,13-14H,3-8,11H2,1-2H3,(H3,17,19,23)/t13-,14+/m1/s1. The highest BCUT2D eigenvalue weighted by atomic mass is 16.2. The first-order valence-electron chi connectivity index (χ1n) is 8.36. The van der Waals surface area contributed by atoms with Crippen molar-refractivity contribution >= 4 is 11.9 Å². The molecule has 0 spiro atoms. The van der Waals surface area contributed by atoms with Gasteiger partial charge in [-0.15, -0.1) is 0 Å². The molecule has 1 saturated heterocycles. The zero-order valence-electron chi connectivity index (χ0n) is 14.0. The van der Waals surface area contributed by atoms with E-state index in [9.17, 15) is 9.59 Å². The van der Waals surface area contributed by atoms with Crippen molar-refractivity contribution in [3.8, 4) is 0 Å². The van der Waals surface area contributed by atoms with Crippen molar-refractivity contribution in [3.63, 3.8) is 0 Å². The molecule has 0 unspecified atom stereocenters. The Morgan fingerprint density at radius 3 is 2.91 bits per heavy atom. The van der Waals surface area contributed by atoms with Crippen molar-refractivity contribution in [1.29, 1.82) is 0 Å². The van der Waals surface area contributed by atoms with Gasteiger partial charge in [-0.05, 0) is 31.7 Å². The molecule has 3 N–H and O–H groups in total. The maximum atomic E-state index is 12.8. The van der Waals surface area contributed by atoms with E-state index in [4.69, 9.17) is 5.73 Å². The van der Waals surface area contributed by atoms with Crippen molar-refractivity contribution < 1.29 is 9.59 Å². The Morgan fingerprint density at radius 1 is 1.52 bits per heavy atom. The second-order valence-electron chi connectivity index (χ2n) is 6.27. The Labute approximate surface area is 137 Å². The third-order valence-electron chi connectivity index (χ3n) is 4.28. The minimum absolute atomic E-state index is 0.0244. The van der Waals surface area contributed by atoms with Gasteiger partial charge in [0.25, 0.3) is 0 Å². The molecule has 23 heavy (non-hydrogen) atoms. The predicted molar refractivity (Wildman–Crippen MR) is 87.7 cm³/mol. The van der Waals surface area contributed by atoms with Crippen LogP contribution in [0.15, 0.2) is 12.4 Å². The monoisotopic (exact) mass is 321 g/mol. The van der Waals surface area contributed by atoms with Crippen LogP contribution in [0.25, 0.3) is 0 Å². The maximum Gasteiger partial charge on any atom is 0.312 e. The molecule has 128 valence electrons. The number of carbonyl (C=O) groups excluding carboxylic acids is 2. The smallest absolute Gasteiger partial charge is 0.312 e. The lowest BCUT2D eigenvalue weighted by molar-refractivity contribution is -0.134. The second-order valence-corrected chi connectivity index (χ2v) is 6.27. The summed E-state index contributed by atoms with van der Waals surface area (Å²) in [5.41, 5.74) is 6.34. The van der Waals surface area contributed by atoms with Crippen LogP contribution >= 0.6 is 0 Å². The molecule has 7 heteroatoms. The van der Waals surface area contributed by atoms with Gasteiger partial charge in [-0.3, -0.25) is 9.48 Å². The third-order valence-corrected chi connectivity index (χ3v) is 4.28. The summed E-state index contributed by atoms with van der Waals surface area (Å²) in [5.74, 6) is -0.0244. The highest BCUT2D eigenvalue weighted by molar-refractivity contribution is 5.86. The van der Waals surface area contributed by atoms with Crippen LogP contribution in [0.5, 0.6) is 0 Å². The fourth-order valence-corrected chi connectivity index (χ4v) is 3.14. The number of hydrogen-bond acceptors (Lipinski definition) is 3. The zero-order valence-corrected chi connectivity index (χ0v) is 14.0. The topological polar surface area (TPSA) is 93.2 Å². The van der Waals surface area contributed by atoms with Gasteiger partial charge < -0.3 is 16.0 Å². The van der Waals surface area contributed by atoms with E-state index >= 15 is 0 Å². The van der Waals surface area contributed by atoms with Crippen molar-refractivity contribution in [1.82, 2.24) is 20.0 Å². The van der Waals surface area contributed by atoms with Gasteiger partial charge in [0, 0.05) is 12.7 Å². The lowest BCUT2D eigenvalue weighted by Gasteiger charge is -2.29. The minimum atomic E-state index is -0.641. The molecule has 2 heterocycles. The van der Waals surface area contributed by atoms with Crippen molar-refractivity contribution in [3.05, 3.63) is 18.0 Å². The van der Waals surface area contributed by atoms with Crippen molar-refractivity contribution in [2.75, 3.05) is 6.54 Å². The van der Waals surface area contributed by atoms with Gasteiger partial charge in [0.15, 0.2) is 0 Å². The van der Waals surface area contributed by atoms with Crippen LogP contribution in [0.1, 0.15) is 44.6 Å². The van der Waals surface area contributed by atoms with E-state index in [2.05, 4.69) is 17.3 Å². The molecule has 1 aliphatic rings. The molecule has 3 amide bonds. The average molecular weight is 321 g/mol. The van der Waals surface area contributed by atoms with Gasteiger partial charge in [0.1, 0.15) is 6.04 Å². The number of rotatable bonds is 7. The van der Waals surface area contributed by atoms with Gasteiger partial charge in [-0.25, -0.2) is 4.79 Å². The first-order chi connectivity index (χ1) is 11.0. The molecule has 1 aromatic heterocycles. The summed E-state index contributed by atoms with van der Waals surface area (Å²) >= 11 is 0.